The van der Waals surface area contributed by atoms with E-state index in [4.69, 9.17) is 4.74 Å². The molecule has 1 aliphatic rings. The van der Waals surface area contributed by atoms with E-state index in [2.05, 4.69) is 34.3 Å². The number of hydrogen-bond acceptors (Lipinski definition) is 5. The zero-order valence-electron chi connectivity index (χ0n) is 21.2. The van der Waals surface area contributed by atoms with Crippen LogP contribution >= 0.6 is 0 Å². The highest BCUT2D eigenvalue weighted by atomic mass is 19.1. The van der Waals surface area contributed by atoms with Crippen LogP contribution in [0.1, 0.15) is 61.0 Å². The Morgan fingerprint density at radius 2 is 1.83 bits per heavy atom. The number of anilines is 1. The highest BCUT2D eigenvalue weighted by Crippen LogP contribution is 2.41. The fraction of sp³-hybridized carbons (Fsp3) is 0.370. The van der Waals surface area contributed by atoms with Gasteiger partial charge < -0.3 is 10.1 Å². The van der Waals surface area contributed by atoms with Gasteiger partial charge in [-0.05, 0) is 64.6 Å². The first-order chi connectivity index (χ1) is 17.1. The predicted molar refractivity (Wildman–Crippen MR) is 135 cm³/mol. The molecular formula is C27H32FN5O3. The van der Waals surface area contributed by atoms with Crippen LogP contribution in [0.3, 0.4) is 0 Å². The Labute approximate surface area is 210 Å². The Morgan fingerprint density at radius 1 is 1.17 bits per heavy atom. The molecule has 1 unspecified atom stereocenters. The van der Waals surface area contributed by atoms with Crippen LogP contribution in [-0.2, 0) is 16.8 Å². The van der Waals surface area contributed by atoms with Crippen molar-refractivity contribution in [3.05, 3.63) is 82.8 Å². The van der Waals surface area contributed by atoms with Gasteiger partial charge in [-0.15, -0.1) is 0 Å². The molecule has 8 nitrogen and oxygen atoms in total. The standard InChI is InChI=1S/C27H32FN5O3/c1-17(2)32(5)16-22(18-9-7-6-8-10-18)36-26(35)33-15-21-23(27(33,3)4)30-31-24(21)29-25(34)19-11-13-20(28)14-12-19/h6-14,17,22H,15-16H2,1-5H3,(H2,29,30,31,34). The quantitative estimate of drug-likeness (QED) is 0.480. The third-order valence-electron chi connectivity index (χ3n) is 6.78. The number of nitrogens with zero attached hydrogens (tertiary/aromatic N) is 3. The molecule has 1 aliphatic heterocycles. The molecule has 1 atom stereocenters. The van der Waals surface area contributed by atoms with Crippen molar-refractivity contribution >= 4 is 17.8 Å². The number of nitrogens with one attached hydrogen (secondary N) is 2. The van der Waals surface area contributed by atoms with Crippen LogP contribution in [0.5, 0.6) is 0 Å². The van der Waals surface area contributed by atoms with Gasteiger partial charge in [0.15, 0.2) is 5.82 Å². The van der Waals surface area contributed by atoms with E-state index in [9.17, 15) is 14.0 Å². The number of likely N-dealkylation sites (N-methyl/N-ethyl adjacent to an activating group) is 1. The molecule has 4 rings (SSSR count). The number of fused-ring (bicyclic) bond motifs is 1. The Kier molecular flexibility index (Phi) is 7.12. The van der Waals surface area contributed by atoms with Crippen molar-refractivity contribution < 1.29 is 18.7 Å². The van der Waals surface area contributed by atoms with Crippen molar-refractivity contribution in [2.75, 3.05) is 18.9 Å². The molecule has 0 bridgehead atoms. The number of aromatic nitrogens is 2. The van der Waals surface area contributed by atoms with Gasteiger partial charge in [-0.3, -0.25) is 19.7 Å². The van der Waals surface area contributed by atoms with Crippen molar-refractivity contribution in [1.29, 1.82) is 0 Å². The van der Waals surface area contributed by atoms with Crippen LogP contribution < -0.4 is 5.32 Å². The number of carbonyl (C=O) groups excluding carboxylic acids is 2. The summed E-state index contributed by atoms with van der Waals surface area (Å²) >= 11 is 0. The molecule has 36 heavy (non-hydrogen) atoms. The number of carbonyl (C=O) groups is 2. The van der Waals surface area contributed by atoms with E-state index >= 15 is 0 Å². The summed E-state index contributed by atoms with van der Waals surface area (Å²) in [4.78, 5) is 29.9. The van der Waals surface area contributed by atoms with Gasteiger partial charge in [-0.25, -0.2) is 9.18 Å². The summed E-state index contributed by atoms with van der Waals surface area (Å²) in [7, 11) is 2.00. The lowest BCUT2D eigenvalue weighted by atomic mass is 10.0. The van der Waals surface area contributed by atoms with E-state index in [1.54, 1.807) is 4.90 Å². The van der Waals surface area contributed by atoms with Crippen molar-refractivity contribution in [1.82, 2.24) is 20.0 Å². The van der Waals surface area contributed by atoms with Gasteiger partial charge in [0.05, 0.1) is 17.8 Å². The normalized spacial score (nSPS) is 15.2. The molecule has 2 N–H and O–H groups in total. The summed E-state index contributed by atoms with van der Waals surface area (Å²) in [5, 5.41) is 10.0. The summed E-state index contributed by atoms with van der Waals surface area (Å²) in [5.41, 5.74) is 1.93. The topological polar surface area (TPSA) is 90.6 Å². The van der Waals surface area contributed by atoms with Crippen LogP contribution in [0.25, 0.3) is 0 Å². The zero-order chi connectivity index (χ0) is 26.0. The minimum atomic E-state index is -0.733. The second kappa shape index (κ2) is 10.1. The number of H-pyrrole nitrogens is 1. The number of aromatic amines is 1. The largest absolute Gasteiger partial charge is 0.440 e. The number of hydrogen-bond donors (Lipinski definition) is 2. The smallest absolute Gasteiger partial charge is 0.411 e. The average Bonchev–Trinajstić information content (AvgIpc) is 3.37. The molecule has 0 aliphatic carbocycles. The lowest BCUT2D eigenvalue weighted by Gasteiger charge is -2.34. The van der Waals surface area contributed by atoms with E-state index in [0.29, 0.717) is 23.5 Å². The maximum Gasteiger partial charge on any atom is 0.411 e. The molecule has 2 heterocycles. The molecule has 0 saturated carbocycles. The van der Waals surface area contributed by atoms with Crippen LogP contribution in [0.4, 0.5) is 15.0 Å². The lowest BCUT2D eigenvalue weighted by Crippen LogP contribution is -2.42. The third-order valence-corrected chi connectivity index (χ3v) is 6.78. The van der Waals surface area contributed by atoms with Gasteiger partial charge in [0.2, 0.25) is 0 Å². The first kappa shape index (κ1) is 25.4. The molecule has 0 fully saturated rings. The predicted octanol–water partition coefficient (Wildman–Crippen LogP) is 5.07. The first-order valence-electron chi connectivity index (χ1n) is 12.0. The second-order valence-corrected chi connectivity index (χ2v) is 9.85. The monoisotopic (exact) mass is 493 g/mol. The van der Waals surface area contributed by atoms with Crippen LogP contribution in [0, 0.1) is 5.82 Å². The second-order valence-electron chi connectivity index (χ2n) is 9.85. The highest BCUT2D eigenvalue weighted by molar-refractivity contribution is 6.04. The maximum absolute atomic E-state index is 13.5. The molecule has 3 aromatic rings. The molecular weight excluding hydrogens is 461 g/mol. The van der Waals surface area contributed by atoms with Gasteiger partial charge in [0.1, 0.15) is 11.9 Å². The Bertz CT molecular complexity index is 1220. The molecule has 9 heteroatoms. The molecule has 190 valence electrons. The van der Waals surface area contributed by atoms with E-state index in [1.807, 2.05) is 51.2 Å². The minimum absolute atomic E-state index is 0.220. The van der Waals surface area contributed by atoms with Gasteiger partial charge >= 0.3 is 6.09 Å². The Hall–Kier alpha value is -3.72. The van der Waals surface area contributed by atoms with Crippen LogP contribution in [0.15, 0.2) is 54.6 Å². The van der Waals surface area contributed by atoms with Crippen LogP contribution in [0.2, 0.25) is 0 Å². The van der Waals surface area contributed by atoms with E-state index in [1.165, 1.54) is 24.3 Å². The number of rotatable bonds is 7. The third kappa shape index (κ3) is 5.11. The van der Waals surface area contributed by atoms with Crippen molar-refractivity contribution in [2.45, 2.75) is 51.9 Å². The first-order valence-corrected chi connectivity index (χ1v) is 12.0. The fourth-order valence-electron chi connectivity index (χ4n) is 4.23. The minimum Gasteiger partial charge on any atom is -0.440 e. The van der Waals surface area contributed by atoms with Crippen molar-refractivity contribution in [3.8, 4) is 0 Å². The highest BCUT2D eigenvalue weighted by Gasteiger charge is 2.45. The summed E-state index contributed by atoms with van der Waals surface area (Å²) in [6.07, 6.45) is -0.900. The SMILES string of the molecule is CC(C)N(C)CC(OC(=O)N1Cc2c(NC(=O)c3ccc(F)cc3)n[nH]c2C1(C)C)c1ccccc1. The summed E-state index contributed by atoms with van der Waals surface area (Å²) in [5.74, 6) is -0.498. The number of benzene rings is 2. The van der Waals surface area contributed by atoms with Gasteiger partial charge in [0, 0.05) is 23.7 Å². The van der Waals surface area contributed by atoms with Crippen molar-refractivity contribution in [2.24, 2.45) is 0 Å². The Morgan fingerprint density at radius 3 is 2.47 bits per heavy atom. The van der Waals surface area contributed by atoms with Gasteiger partial charge in [-0.1, -0.05) is 30.3 Å². The summed E-state index contributed by atoms with van der Waals surface area (Å²) < 4.78 is 19.3. The summed E-state index contributed by atoms with van der Waals surface area (Å²) in [6, 6.07) is 15.3. The molecule has 0 saturated heterocycles. The zero-order valence-corrected chi connectivity index (χ0v) is 21.2. The van der Waals surface area contributed by atoms with E-state index < -0.39 is 29.5 Å². The average molecular weight is 494 g/mol. The fourth-order valence-corrected chi connectivity index (χ4v) is 4.23. The Balaban J connectivity index is 1.52. The molecule has 1 aromatic heterocycles. The summed E-state index contributed by atoms with van der Waals surface area (Å²) in [6.45, 7) is 8.76. The van der Waals surface area contributed by atoms with Gasteiger partial charge in [0.25, 0.3) is 5.91 Å². The lowest BCUT2D eigenvalue weighted by molar-refractivity contribution is 0.0203. The van der Waals surface area contributed by atoms with E-state index in [0.717, 1.165) is 11.3 Å². The van der Waals surface area contributed by atoms with Crippen molar-refractivity contribution in [3.63, 3.8) is 0 Å². The number of ether oxygens (including phenoxy) is 1. The molecule has 0 radical (unpaired) electrons. The van der Waals surface area contributed by atoms with Crippen LogP contribution in [-0.4, -0.2) is 51.6 Å². The molecule has 2 aromatic carbocycles. The van der Waals surface area contributed by atoms with Gasteiger partial charge in [-0.2, -0.15) is 5.10 Å². The number of halogens is 1. The molecule has 0 spiro atoms. The molecule has 2 amide bonds. The maximum atomic E-state index is 13.5. The van der Waals surface area contributed by atoms with E-state index in [-0.39, 0.29) is 12.6 Å². The number of amides is 2.